The van der Waals surface area contributed by atoms with Crippen LogP contribution >= 0.6 is 11.3 Å². The van der Waals surface area contributed by atoms with Crippen LogP contribution in [0.3, 0.4) is 0 Å². The molecule has 1 atom stereocenters. The SMILES string of the molecule is COC(C)(C)c1nc(CC(N)C(C)C)cs1. The van der Waals surface area contributed by atoms with Crippen LogP contribution in [0.25, 0.3) is 0 Å². The molecule has 2 N–H and O–H groups in total. The molecule has 0 aliphatic carbocycles. The molecule has 3 nitrogen and oxygen atoms in total. The van der Waals surface area contributed by atoms with Crippen molar-refractivity contribution in [2.75, 3.05) is 7.11 Å². The summed E-state index contributed by atoms with van der Waals surface area (Å²) in [5.74, 6) is 0.487. The summed E-state index contributed by atoms with van der Waals surface area (Å²) in [7, 11) is 1.71. The van der Waals surface area contributed by atoms with Crippen molar-refractivity contribution in [1.82, 2.24) is 4.98 Å². The first-order valence-corrected chi connectivity index (χ1v) is 6.50. The quantitative estimate of drug-likeness (QED) is 0.863. The lowest BCUT2D eigenvalue weighted by Gasteiger charge is -2.19. The van der Waals surface area contributed by atoms with Crippen LogP contribution in [0.1, 0.15) is 38.4 Å². The number of nitrogens with two attached hydrogens (primary N) is 1. The van der Waals surface area contributed by atoms with E-state index in [0.717, 1.165) is 17.1 Å². The zero-order chi connectivity index (χ0) is 12.3. The second-order valence-corrected chi connectivity index (χ2v) is 5.83. The van der Waals surface area contributed by atoms with E-state index in [1.54, 1.807) is 18.4 Å². The molecule has 0 fully saturated rings. The van der Waals surface area contributed by atoms with Gasteiger partial charge in [0.05, 0.1) is 5.69 Å². The molecule has 0 spiro atoms. The molecule has 0 saturated carbocycles. The molecule has 0 bridgehead atoms. The number of ether oxygens (including phenoxy) is 1. The van der Waals surface area contributed by atoms with Crippen LogP contribution in [-0.4, -0.2) is 18.1 Å². The van der Waals surface area contributed by atoms with Crippen molar-refractivity contribution in [3.63, 3.8) is 0 Å². The van der Waals surface area contributed by atoms with Crippen molar-refractivity contribution >= 4 is 11.3 Å². The van der Waals surface area contributed by atoms with E-state index >= 15 is 0 Å². The third-order valence-electron chi connectivity index (χ3n) is 2.88. The van der Waals surface area contributed by atoms with Crippen molar-refractivity contribution in [3.8, 4) is 0 Å². The predicted octanol–water partition coefficient (Wildman–Crippen LogP) is 2.55. The van der Waals surface area contributed by atoms with Crippen LogP contribution in [0.5, 0.6) is 0 Å². The van der Waals surface area contributed by atoms with Crippen LogP contribution in [0.4, 0.5) is 0 Å². The Labute approximate surface area is 102 Å². The van der Waals surface area contributed by atoms with Crippen molar-refractivity contribution in [3.05, 3.63) is 16.1 Å². The van der Waals surface area contributed by atoms with E-state index in [0.29, 0.717) is 5.92 Å². The first kappa shape index (κ1) is 13.6. The molecule has 1 heterocycles. The minimum atomic E-state index is -0.301. The van der Waals surface area contributed by atoms with Crippen molar-refractivity contribution in [2.24, 2.45) is 11.7 Å². The average molecular weight is 242 g/mol. The molecule has 4 heteroatoms. The van der Waals surface area contributed by atoms with Gasteiger partial charge in [0.1, 0.15) is 10.6 Å². The Morgan fingerprint density at radius 3 is 2.62 bits per heavy atom. The van der Waals surface area contributed by atoms with Crippen LogP contribution in [0.2, 0.25) is 0 Å². The summed E-state index contributed by atoms with van der Waals surface area (Å²) in [4.78, 5) is 4.59. The average Bonchev–Trinajstić information content (AvgIpc) is 2.66. The molecule has 1 unspecified atom stereocenters. The van der Waals surface area contributed by atoms with Gasteiger partial charge in [-0.2, -0.15) is 0 Å². The first-order chi connectivity index (χ1) is 7.36. The molecule has 92 valence electrons. The lowest BCUT2D eigenvalue weighted by Crippen LogP contribution is -2.29. The Bertz CT molecular complexity index is 334. The number of methoxy groups -OCH3 is 1. The second kappa shape index (κ2) is 5.25. The van der Waals surface area contributed by atoms with Crippen LogP contribution in [-0.2, 0) is 16.8 Å². The Kier molecular flexibility index (Phi) is 4.47. The van der Waals surface area contributed by atoms with Crippen LogP contribution < -0.4 is 5.73 Å². The number of thiazole rings is 1. The van der Waals surface area contributed by atoms with Crippen molar-refractivity contribution < 1.29 is 4.74 Å². The number of rotatable bonds is 5. The molecule has 0 aliphatic heterocycles. The van der Waals surface area contributed by atoms with E-state index in [4.69, 9.17) is 10.5 Å². The summed E-state index contributed by atoms with van der Waals surface area (Å²) in [5.41, 5.74) is 6.81. The molecule has 1 rings (SSSR count). The Hall–Kier alpha value is -0.450. The number of aromatic nitrogens is 1. The van der Waals surface area contributed by atoms with Gasteiger partial charge in [-0.25, -0.2) is 4.98 Å². The smallest absolute Gasteiger partial charge is 0.124 e. The third kappa shape index (κ3) is 3.27. The highest BCUT2D eigenvalue weighted by Gasteiger charge is 2.23. The normalized spacial score (nSPS) is 14.4. The van der Waals surface area contributed by atoms with Crippen molar-refractivity contribution in [1.29, 1.82) is 0 Å². The summed E-state index contributed by atoms with van der Waals surface area (Å²) in [5, 5.41) is 3.10. The molecule has 0 aliphatic rings. The Balaban J connectivity index is 2.72. The topological polar surface area (TPSA) is 48.1 Å². The van der Waals surface area contributed by atoms with Gasteiger partial charge in [-0.05, 0) is 19.8 Å². The van der Waals surface area contributed by atoms with E-state index in [-0.39, 0.29) is 11.6 Å². The maximum atomic E-state index is 6.03. The monoisotopic (exact) mass is 242 g/mol. The molecule has 16 heavy (non-hydrogen) atoms. The van der Waals surface area contributed by atoms with E-state index in [9.17, 15) is 0 Å². The summed E-state index contributed by atoms with van der Waals surface area (Å²) >= 11 is 1.64. The lowest BCUT2D eigenvalue weighted by molar-refractivity contribution is 0.0189. The highest BCUT2D eigenvalue weighted by molar-refractivity contribution is 7.09. The minimum Gasteiger partial charge on any atom is -0.372 e. The molecular weight excluding hydrogens is 220 g/mol. The lowest BCUT2D eigenvalue weighted by atomic mass is 10.0. The van der Waals surface area contributed by atoms with Gasteiger partial charge in [-0.1, -0.05) is 13.8 Å². The summed E-state index contributed by atoms with van der Waals surface area (Å²) in [6.45, 7) is 8.32. The number of hydrogen-bond donors (Lipinski definition) is 1. The Morgan fingerprint density at radius 2 is 2.12 bits per heavy atom. The van der Waals surface area contributed by atoms with E-state index < -0.39 is 0 Å². The van der Waals surface area contributed by atoms with E-state index in [1.165, 1.54) is 0 Å². The number of hydrogen-bond acceptors (Lipinski definition) is 4. The fraction of sp³-hybridized carbons (Fsp3) is 0.750. The maximum Gasteiger partial charge on any atom is 0.124 e. The fourth-order valence-electron chi connectivity index (χ4n) is 1.24. The summed E-state index contributed by atoms with van der Waals surface area (Å²) in [6.07, 6.45) is 0.841. The van der Waals surface area contributed by atoms with Gasteiger partial charge in [-0.3, -0.25) is 0 Å². The van der Waals surface area contributed by atoms with E-state index in [1.807, 2.05) is 13.8 Å². The number of nitrogens with zero attached hydrogens (tertiary/aromatic N) is 1. The van der Waals surface area contributed by atoms with Crippen LogP contribution in [0.15, 0.2) is 5.38 Å². The molecule has 0 saturated heterocycles. The van der Waals surface area contributed by atoms with Gasteiger partial charge >= 0.3 is 0 Å². The minimum absolute atomic E-state index is 0.181. The van der Waals surface area contributed by atoms with Gasteiger partial charge in [0, 0.05) is 25.0 Å². The van der Waals surface area contributed by atoms with Crippen molar-refractivity contribution in [2.45, 2.75) is 45.8 Å². The van der Waals surface area contributed by atoms with Gasteiger partial charge < -0.3 is 10.5 Å². The maximum absolute atomic E-state index is 6.03. The summed E-state index contributed by atoms with van der Waals surface area (Å²) < 4.78 is 5.41. The molecule has 0 aromatic carbocycles. The van der Waals surface area contributed by atoms with Gasteiger partial charge in [0.15, 0.2) is 0 Å². The second-order valence-electron chi connectivity index (χ2n) is 4.97. The fourth-order valence-corrected chi connectivity index (χ4v) is 2.18. The predicted molar refractivity (Wildman–Crippen MR) is 68.7 cm³/mol. The largest absolute Gasteiger partial charge is 0.372 e. The van der Waals surface area contributed by atoms with Gasteiger partial charge in [-0.15, -0.1) is 11.3 Å². The zero-order valence-electron chi connectivity index (χ0n) is 10.8. The van der Waals surface area contributed by atoms with Gasteiger partial charge in [0.25, 0.3) is 0 Å². The molecule has 1 aromatic heterocycles. The van der Waals surface area contributed by atoms with E-state index in [2.05, 4.69) is 24.2 Å². The molecule has 1 aromatic rings. The molecular formula is C12H22N2OS. The summed E-state index contributed by atoms with van der Waals surface area (Å²) in [6, 6.07) is 0.181. The van der Waals surface area contributed by atoms with Gasteiger partial charge in [0.2, 0.25) is 0 Å². The standard InChI is InChI=1S/C12H22N2OS/c1-8(2)10(13)6-9-7-16-11(14-9)12(3,4)15-5/h7-8,10H,6,13H2,1-5H3. The first-order valence-electron chi connectivity index (χ1n) is 5.62. The molecule has 0 radical (unpaired) electrons. The van der Waals surface area contributed by atoms with Crippen LogP contribution in [0, 0.1) is 5.92 Å². The Morgan fingerprint density at radius 1 is 1.50 bits per heavy atom. The highest BCUT2D eigenvalue weighted by Crippen LogP contribution is 2.27. The molecule has 0 amide bonds. The highest BCUT2D eigenvalue weighted by atomic mass is 32.1. The third-order valence-corrected chi connectivity index (χ3v) is 4.07. The zero-order valence-corrected chi connectivity index (χ0v) is 11.6.